The minimum absolute atomic E-state index is 0.103. The van der Waals surface area contributed by atoms with E-state index in [2.05, 4.69) is 156 Å². The topological polar surface area (TPSA) is 0 Å². The first-order valence-electron chi connectivity index (χ1n) is 13.1. The molecule has 1 atom stereocenters. The van der Waals surface area contributed by atoms with Crippen molar-refractivity contribution >= 4 is 47.1 Å². The van der Waals surface area contributed by atoms with Gasteiger partial charge in [-0.05, 0) is 0 Å². The average molecular weight is 811 g/mol. The van der Waals surface area contributed by atoms with Crippen molar-refractivity contribution in [1.82, 2.24) is 0 Å². The Morgan fingerprint density at radius 3 is 1.25 bits per heavy atom. The first-order valence-corrected chi connectivity index (χ1v) is 29.9. The average Bonchev–Trinajstić information content (AvgIpc) is 3.16. The molecule has 0 heterocycles. The third-order valence-electron chi connectivity index (χ3n) is 7.23. The molecule has 2 aromatic rings. The molecule has 0 saturated carbocycles. The molecule has 0 radical (unpaired) electrons. The summed E-state index contributed by atoms with van der Waals surface area (Å²) in [7, 11) is 0. The number of hydrogen-bond donors (Lipinski definition) is 0. The van der Waals surface area contributed by atoms with E-state index >= 15 is 0 Å². The first kappa shape index (κ1) is 30.3. The number of hydrogen-bond acceptors (Lipinski definition) is 0. The molecule has 0 N–H and O–H groups in total. The summed E-state index contributed by atoms with van der Waals surface area (Å²) < 4.78 is 1.59. The van der Waals surface area contributed by atoms with Crippen molar-refractivity contribution in [3.8, 4) is 0 Å². The number of benzene rings is 2. The van der Waals surface area contributed by atoms with E-state index in [4.69, 9.17) is 0 Å². The maximum atomic E-state index is 4.13. The molecular weight excluding hydrogens is 765 g/mol. The zero-order valence-electron chi connectivity index (χ0n) is 24.4. The van der Waals surface area contributed by atoms with Crippen molar-refractivity contribution in [2.75, 3.05) is 0 Å². The molecule has 0 nitrogen and oxygen atoms in total. The second kappa shape index (κ2) is 10.4. The third kappa shape index (κ3) is 6.85. The van der Waals surface area contributed by atoms with E-state index in [-0.39, 0.29) is 21.7 Å². The van der Waals surface area contributed by atoms with E-state index in [1.165, 1.54) is 39.0 Å². The molecule has 0 aromatic heterocycles. The predicted molar refractivity (Wildman–Crippen MR) is 170 cm³/mol. The van der Waals surface area contributed by atoms with Crippen molar-refractivity contribution in [2.45, 2.75) is 111 Å². The van der Waals surface area contributed by atoms with Crippen LogP contribution in [0.4, 0.5) is 0 Å². The minimum atomic E-state index is -2.19. The molecule has 0 fully saturated rings. The Balaban J connectivity index is 2.27. The van der Waals surface area contributed by atoms with Gasteiger partial charge in [-0.15, -0.1) is 0 Å². The fourth-order valence-corrected chi connectivity index (χ4v) is 15.0. The number of allylic oxidation sites excluding steroid dienone is 4. The third-order valence-corrected chi connectivity index (χ3v) is 17.4. The molecule has 0 aliphatic heterocycles. The summed E-state index contributed by atoms with van der Waals surface area (Å²) in [4.78, 5) is 0. The fraction of sp³-hybridized carbons (Fsp3) is 0.515. The standard InChI is InChI=1S/C33H45.Bi.2BrH/c1-30(2,3)26-16-24(17-27(20-26)31(4,5)6)22-13-14-23(15-22)25-18-28(32(7,8)9)21-29(19-25)33(10,11)12;;;/h13-14,16-22H,1-12H3;;2*1H/q;+2;;/p-2. The van der Waals surface area contributed by atoms with E-state index < -0.39 is 17.1 Å². The van der Waals surface area contributed by atoms with Gasteiger partial charge < -0.3 is 0 Å². The van der Waals surface area contributed by atoms with E-state index in [1.807, 2.05) is 0 Å². The quantitative estimate of drug-likeness (QED) is 0.271. The van der Waals surface area contributed by atoms with Crippen molar-refractivity contribution in [3.63, 3.8) is 0 Å². The van der Waals surface area contributed by atoms with Gasteiger partial charge in [0.2, 0.25) is 0 Å². The van der Waals surface area contributed by atoms with Crippen LogP contribution in [0.1, 0.15) is 122 Å². The van der Waals surface area contributed by atoms with E-state index in [1.54, 1.807) is 3.28 Å². The second-order valence-electron chi connectivity index (χ2n) is 14.5. The molecular formula is C33H45BiBr2. The van der Waals surface area contributed by atoms with Gasteiger partial charge in [-0.2, -0.15) is 0 Å². The maximum absolute atomic E-state index is 4.13. The normalized spacial score (nSPS) is 17.5. The van der Waals surface area contributed by atoms with Gasteiger partial charge in [0.1, 0.15) is 0 Å². The van der Waals surface area contributed by atoms with Crippen LogP contribution in [0.3, 0.4) is 0 Å². The molecule has 36 heavy (non-hydrogen) atoms. The molecule has 0 saturated heterocycles. The molecule has 1 aliphatic rings. The van der Waals surface area contributed by atoms with Crippen LogP contribution in [0.15, 0.2) is 51.8 Å². The summed E-state index contributed by atoms with van der Waals surface area (Å²) in [6, 6.07) is 14.7. The van der Waals surface area contributed by atoms with E-state index in [0.29, 0.717) is 5.92 Å². The van der Waals surface area contributed by atoms with Gasteiger partial charge in [0.05, 0.1) is 0 Å². The SMILES string of the molecule is CC(C)(C)c1cc(C2=[C]([Bi]([Br])[Br])C(c3cc(C(C)(C)C)cc(C(C)(C)C)c3)C=C2)cc(C(C)(C)C)c1. The predicted octanol–water partition coefficient (Wildman–Crippen LogP) is 10.8. The summed E-state index contributed by atoms with van der Waals surface area (Å²) in [5.41, 5.74) is 10.3. The van der Waals surface area contributed by atoms with Crippen molar-refractivity contribution < 1.29 is 0 Å². The Labute approximate surface area is 241 Å². The van der Waals surface area contributed by atoms with Crippen LogP contribution in [0.2, 0.25) is 0 Å². The Kier molecular flexibility index (Phi) is 8.75. The number of rotatable bonds is 3. The second-order valence-corrected chi connectivity index (χ2v) is 39.0. The van der Waals surface area contributed by atoms with Crippen molar-refractivity contribution in [2.24, 2.45) is 0 Å². The molecule has 3 heteroatoms. The Bertz CT molecular complexity index is 1120. The van der Waals surface area contributed by atoms with Crippen molar-refractivity contribution in [3.05, 3.63) is 85.2 Å². The van der Waals surface area contributed by atoms with E-state index in [9.17, 15) is 0 Å². The summed E-state index contributed by atoms with van der Waals surface area (Å²) in [5, 5.41) is 0. The van der Waals surface area contributed by atoms with Crippen LogP contribution in [0.5, 0.6) is 0 Å². The zero-order valence-corrected chi connectivity index (χ0v) is 31.0. The van der Waals surface area contributed by atoms with Gasteiger partial charge in [-0.25, -0.2) is 0 Å². The fourth-order valence-electron chi connectivity index (χ4n) is 4.59. The molecule has 2 aromatic carbocycles. The Hall–Kier alpha value is -0.237. The Morgan fingerprint density at radius 1 is 0.556 bits per heavy atom. The summed E-state index contributed by atoms with van der Waals surface area (Å²) >= 11 is 6.07. The van der Waals surface area contributed by atoms with Crippen molar-refractivity contribution in [1.29, 1.82) is 0 Å². The van der Waals surface area contributed by atoms with Crippen LogP contribution >= 0.6 is 24.4 Å². The van der Waals surface area contributed by atoms with E-state index in [0.717, 1.165) is 0 Å². The van der Waals surface area contributed by atoms with Crippen LogP contribution in [0, 0.1) is 0 Å². The summed E-state index contributed by atoms with van der Waals surface area (Å²) in [6.07, 6.45) is 4.85. The molecule has 196 valence electrons. The van der Waals surface area contributed by atoms with Gasteiger partial charge in [0.25, 0.3) is 0 Å². The van der Waals surface area contributed by atoms with Crippen LogP contribution in [-0.4, -0.2) is 17.1 Å². The Morgan fingerprint density at radius 2 is 0.917 bits per heavy atom. The molecule has 0 spiro atoms. The number of halogens is 2. The van der Waals surface area contributed by atoms with Gasteiger partial charge in [0.15, 0.2) is 0 Å². The molecule has 0 amide bonds. The summed E-state index contributed by atoms with van der Waals surface area (Å²) in [6.45, 7) is 27.9. The zero-order chi connectivity index (χ0) is 27.4. The first-order chi connectivity index (χ1) is 16.2. The molecule has 1 unspecified atom stereocenters. The molecule has 1 aliphatic carbocycles. The molecule has 3 rings (SSSR count). The van der Waals surface area contributed by atoms with Crippen LogP contribution in [0.25, 0.3) is 5.57 Å². The van der Waals surface area contributed by atoms with Crippen LogP contribution < -0.4 is 0 Å². The van der Waals surface area contributed by atoms with Gasteiger partial charge in [-0.3, -0.25) is 0 Å². The monoisotopic (exact) mass is 808 g/mol. The van der Waals surface area contributed by atoms with Gasteiger partial charge >= 0.3 is 243 Å². The van der Waals surface area contributed by atoms with Gasteiger partial charge in [-0.1, -0.05) is 0 Å². The summed E-state index contributed by atoms with van der Waals surface area (Å²) in [5.74, 6) is 0.316. The van der Waals surface area contributed by atoms with Gasteiger partial charge in [0, 0.05) is 0 Å². The molecule has 0 bridgehead atoms. The van der Waals surface area contributed by atoms with Crippen LogP contribution in [-0.2, 0) is 21.7 Å².